The highest BCUT2D eigenvalue weighted by atomic mass is 32.2. The van der Waals surface area contributed by atoms with Crippen LogP contribution in [-0.2, 0) is 16.6 Å². The van der Waals surface area contributed by atoms with E-state index in [1.807, 2.05) is 19.2 Å². The minimum Gasteiger partial charge on any atom is -0.313 e. The fourth-order valence-corrected chi connectivity index (χ4v) is 3.84. The number of nitrogens with zero attached hydrogens (tertiary/aromatic N) is 1. The first-order chi connectivity index (χ1) is 9.51. The van der Waals surface area contributed by atoms with E-state index in [1.165, 1.54) is 17.5 Å². The van der Waals surface area contributed by atoms with Crippen LogP contribution in [0.15, 0.2) is 34.0 Å². The van der Waals surface area contributed by atoms with E-state index in [4.69, 9.17) is 0 Å². The van der Waals surface area contributed by atoms with Crippen molar-refractivity contribution in [3.05, 3.63) is 41.0 Å². The van der Waals surface area contributed by atoms with E-state index in [1.54, 1.807) is 18.2 Å². The molecule has 0 unspecified atom stereocenters. The molecule has 20 heavy (non-hydrogen) atoms. The number of hydrogen-bond acceptors (Lipinski definition) is 5. The maximum atomic E-state index is 12.2. The Hall–Kier alpha value is -1.44. The normalized spacial score (nSPS) is 11.5. The molecule has 2 rings (SSSR count). The Balaban J connectivity index is 2.13. The minimum absolute atomic E-state index is 0.311. The van der Waals surface area contributed by atoms with Crippen molar-refractivity contribution in [2.75, 3.05) is 11.3 Å². The number of sulfonamides is 1. The lowest BCUT2D eigenvalue weighted by molar-refractivity contribution is 0.603. The third kappa shape index (κ3) is 3.78. The summed E-state index contributed by atoms with van der Waals surface area (Å²) in [5, 5.41) is 5.02. The van der Waals surface area contributed by atoms with Crippen LogP contribution < -0.4 is 10.0 Å². The van der Waals surface area contributed by atoms with Gasteiger partial charge in [-0.1, -0.05) is 6.92 Å². The molecule has 0 atom stereocenters. The van der Waals surface area contributed by atoms with E-state index in [0.717, 1.165) is 17.8 Å². The second-order valence-electron chi connectivity index (χ2n) is 4.35. The molecule has 0 radical (unpaired) electrons. The average Bonchev–Trinajstić information content (AvgIpc) is 2.88. The summed E-state index contributed by atoms with van der Waals surface area (Å²) in [7, 11) is -3.53. The molecule has 2 aromatic rings. The molecule has 0 bridgehead atoms. The zero-order valence-corrected chi connectivity index (χ0v) is 13.0. The van der Waals surface area contributed by atoms with Crippen LogP contribution in [0.1, 0.15) is 18.2 Å². The first-order valence-corrected chi connectivity index (χ1v) is 8.61. The molecule has 5 nitrogen and oxygen atoms in total. The highest BCUT2D eigenvalue weighted by Crippen LogP contribution is 2.22. The second kappa shape index (κ2) is 6.34. The van der Waals surface area contributed by atoms with E-state index in [2.05, 4.69) is 15.0 Å². The van der Waals surface area contributed by atoms with Crippen LogP contribution in [-0.4, -0.2) is 19.9 Å². The Morgan fingerprint density at radius 1 is 1.35 bits per heavy atom. The lowest BCUT2D eigenvalue weighted by atomic mass is 10.3. The van der Waals surface area contributed by atoms with E-state index < -0.39 is 10.0 Å². The highest BCUT2D eigenvalue weighted by molar-refractivity contribution is 7.94. The number of aryl methyl sites for hydroxylation is 1. The summed E-state index contributed by atoms with van der Waals surface area (Å²) in [5.41, 5.74) is 2.29. The third-order valence-corrected chi connectivity index (χ3v) is 5.51. The molecule has 7 heteroatoms. The molecule has 2 N–H and O–H groups in total. The molecule has 0 aliphatic carbocycles. The van der Waals surface area contributed by atoms with Crippen molar-refractivity contribution in [2.24, 2.45) is 0 Å². The lowest BCUT2D eigenvalue weighted by Crippen LogP contribution is -2.12. The predicted octanol–water partition coefficient (Wildman–Crippen LogP) is 2.36. The number of pyridine rings is 1. The molecule has 2 heterocycles. The van der Waals surface area contributed by atoms with Crippen LogP contribution in [0.4, 0.5) is 5.69 Å². The molecule has 108 valence electrons. The van der Waals surface area contributed by atoms with Crippen LogP contribution >= 0.6 is 11.3 Å². The number of nitrogens with one attached hydrogen (secondary N) is 2. The van der Waals surface area contributed by atoms with Gasteiger partial charge in [0.2, 0.25) is 0 Å². The van der Waals surface area contributed by atoms with Gasteiger partial charge in [-0.3, -0.25) is 9.71 Å². The fourth-order valence-electron chi connectivity index (χ4n) is 1.59. The molecular weight excluding hydrogens is 294 g/mol. The van der Waals surface area contributed by atoms with Gasteiger partial charge in [-0.05, 0) is 42.6 Å². The number of anilines is 1. The average molecular weight is 311 g/mol. The van der Waals surface area contributed by atoms with Crippen molar-refractivity contribution >= 4 is 27.0 Å². The largest absolute Gasteiger partial charge is 0.313 e. The summed E-state index contributed by atoms with van der Waals surface area (Å²) >= 11 is 1.22. The zero-order valence-electron chi connectivity index (χ0n) is 11.4. The van der Waals surface area contributed by atoms with Crippen LogP contribution in [0.2, 0.25) is 0 Å². The summed E-state index contributed by atoms with van der Waals surface area (Å²) in [6.07, 6.45) is 1.51. The first kappa shape index (κ1) is 15.0. The van der Waals surface area contributed by atoms with Crippen molar-refractivity contribution < 1.29 is 8.42 Å². The molecule has 2 aromatic heterocycles. The van der Waals surface area contributed by atoms with Gasteiger partial charge in [0.25, 0.3) is 10.0 Å². The monoisotopic (exact) mass is 311 g/mol. The van der Waals surface area contributed by atoms with Crippen molar-refractivity contribution in [2.45, 2.75) is 24.6 Å². The Morgan fingerprint density at radius 2 is 2.15 bits per heavy atom. The maximum Gasteiger partial charge on any atom is 0.271 e. The van der Waals surface area contributed by atoms with Gasteiger partial charge in [-0.15, -0.1) is 11.3 Å². The Kier molecular flexibility index (Phi) is 4.74. The van der Waals surface area contributed by atoms with Crippen molar-refractivity contribution in [1.82, 2.24) is 10.3 Å². The van der Waals surface area contributed by atoms with Crippen LogP contribution in [0.5, 0.6) is 0 Å². The summed E-state index contributed by atoms with van der Waals surface area (Å²) in [4.78, 5) is 4.07. The van der Waals surface area contributed by atoms with Crippen LogP contribution in [0.3, 0.4) is 0 Å². The van der Waals surface area contributed by atoms with Crippen LogP contribution in [0, 0.1) is 6.92 Å². The van der Waals surface area contributed by atoms with Gasteiger partial charge in [-0.25, -0.2) is 8.42 Å². The molecule has 0 saturated heterocycles. The van der Waals surface area contributed by atoms with Crippen molar-refractivity contribution in [3.8, 4) is 0 Å². The molecule has 0 aliphatic heterocycles. The first-order valence-electron chi connectivity index (χ1n) is 6.25. The second-order valence-corrected chi connectivity index (χ2v) is 7.17. The standard InChI is InChI=1S/C13H17N3O2S2/c1-3-14-7-11-6-13(19-9-11)20(17,18)16-12-5-4-10(2)15-8-12/h4-6,8-9,14,16H,3,7H2,1-2H3. The number of hydrogen-bond donors (Lipinski definition) is 2. The number of rotatable bonds is 6. The minimum atomic E-state index is -3.53. The SMILES string of the molecule is CCNCc1csc(S(=O)(=O)Nc2ccc(C)nc2)c1. The summed E-state index contributed by atoms with van der Waals surface area (Å²) in [6.45, 7) is 5.39. The molecule has 0 saturated carbocycles. The van der Waals surface area contributed by atoms with E-state index in [0.29, 0.717) is 16.4 Å². The fraction of sp³-hybridized carbons (Fsp3) is 0.308. The Labute approximate surface area is 123 Å². The summed E-state index contributed by atoms with van der Waals surface area (Å²) in [5.74, 6) is 0. The molecule has 0 fully saturated rings. The molecule has 0 spiro atoms. The smallest absolute Gasteiger partial charge is 0.271 e. The van der Waals surface area contributed by atoms with Gasteiger partial charge in [0.05, 0.1) is 11.9 Å². The quantitative estimate of drug-likeness (QED) is 0.859. The molecule has 0 aromatic carbocycles. The topological polar surface area (TPSA) is 71.1 Å². The van der Waals surface area contributed by atoms with Gasteiger partial charge in [0, 0.05) is 12.2 Å². The zero-order chi connectivity index (χ0) is 14.6. The van der Waals surface area contributed by atoms with Gasteiger partial charge in [-0.2, -0.15) is 0 Å². The van der Waals surface area contributed by atoms with Gasteiger partial charge in [0.15, 0.2) is 0 Å². The Bertz CT molecular complexity index is 663. The number of aromatic nitrogens is 1. The van der Waals surface area contributed by atoms with Crippen molar-refractivity contribution in [3.63, 3.8) is 0 Å². The third-order valence-electron chi connectivity index (χ3n) is 2.64. The summed E-state index contributed by atoms with van der Waals surface area (Å²) < 4.78 is 27.3. The molecule has 0 aliphatic rings. The highest BCUT2D eigenvalue weighted by Gasteiger charge is 2.16. The predicted molar refractivity (Wildman–Crippen MR) is 81.5 cm³/mol. The van der Waals surface area contributed by atoms with E-state index >= 15 is 0 Å². The number of thiophene rings is 1. The summed E-state index contributed by atoms with van der Waals surface area (Å²) in [6, 6.07) is 5.16. The van der Waals surface area contributed by atoms with Gasteiger partial charge < -0.3 is 5.32 Å². The molecular formula is C13H17N3O2S2. The maximum absolute atomic E-state index is 12.2. The molecule has 0 amide bonds. The van der Waals surface area contributed by atoms with Crippen molar-refractivity contribution in [1.29, 1.82) is 0 Å². The van der Waals surface area contributed by atoms with Gasteiger partial charge in [0.1, 0.15) is 4.21 Å². The van der Waals surface area contributed by atoms with Crippen LogP contribution in [0.25, 0.3) is 0 Å². The van der Waals surface area contributed by atoms with E-state index in [-0.39, 0.29) is 0 Å². The lowest BCUT2D eigenvalue weighted by Gasteiger charge is -2.05. The Morgan fingerprint density at radius 3 is 2.80 bits per heavy atom. The van der Waals surface area contributed by atoms with E-state index in [9.17, 15) is 8.42 Å². The van der Waals surface area contributed by atoms with Gasteiger partial charge >= 0.3 is 0 Å².